The monoisotopic (exact) mass is 334 g/mol. The van der Waals surface area contributed by atoms with Crippen LogP contribution in [0.1, 0.15) is 28.8 Å². The zero-order chi connectivity index (χ0) is 14.1. The van der Waals surface area contributed by atoms with Gasteiger partial charge < -0.3 is 11.1 Å². The molecule has 0 saturated heterocycles. The van der Waals surface area contributed by atoms with E-state index in [9.17, 15) is 4.79 Å². The van der Waals surface area contributed by atoms with Crippen LogP contribution in [0.4, 0.5) is 0 Å². The van der Waals surface area contributed by atoms with E-state index in [1.165, 1.54) is 24.6 Å². The molecule has 0 radical (unpaired) electrons. The van der Waals surface area contributed by atoms with Gasteiger partial charge in [-0.05, 0) is 30.5 Å². The van der Waals surface area contributed by atoms with Crippen molar-refractivity contribution >= 4 is 21.8 Å². The van der Waals surface area contributed by atoms with Crippen molar-refractivity contribution in [3.05, 3.63) is 46.2 Å². The molecule has 1 fully saturated rings. The summed E-state index contributed by atoms with van der Waals surface area (Å²) in [7, 11) is 0. The molecule has 104 valence electrons. The third-order valence-electron chi connectivity index (χ3n) is 3.33. The van der Waals surface area contributed by atoms with Crippen molar-refractivity contribution in [3.63, 3.8) is 0 Å². The van der Waals surface area contributed by atoms with Gasteiger partial charge in [0, 0.05) is 23.3 Å². The zero-order valence-corrected chi connectivity index (χ0v) is 12.4. The molecule has 3 rings (SSSR count). The number of nitrogens with one attached hydrogen (secondary N) is 1. The fraction of sp³-hybridized carbons (Fsp3) is 0.286. The summed E-state index contributed by atoms with van der Waals surface area (Å²) in [6.07, 6.45) is 5.66. The molecular formula is C14H15BrN4O. The molecule has 1 amide bonds. The van der Waals surface area contributed by atoms with Crippen LogP contribution in [0.3, 0.4) is 0 Å². The molecule has 0 bridgehead atoms. The first-order valence-electron chi connectivity index (χ1n) is 6.50. The number of benzene rings is 1. The van der Waals surface area contributed by atoms with Gasteiger partial charge in [-0.25, -0.2) is 4.68 Å². The van der Waals surface area contributed by atoms with E-state index in [0.717, 1.165) is 16.7 Å². The van der Waals surface area contributed by atoms with E-state index in [1.54, 1.807) is 10.9 Å². The molecule has 6 heteroatoms. The van der Waals surface area contributed by atoms with E-state index < -0.39 is 5.91 Å². The van der Waals surface area contributed by atoms with E-state index in [0.29, 0.717) is 11.6 Å². The summed E-state index contributed by atoms with van der Waals surface area (Å²) in [4.78, 5) is 11.1. The predicted molar refractivity (Wildman–Crippen MR) is 79.6 cm³/mol. The van der Waals surface area contributed by atoms with Gasteiger partial charge in [0.2, 0.25) is 0 Å². The second-order valence-corrected chi connectivity index (χ2v) is 5.82. The Morgan fingerprint density at radius 1 is 1.50 bits per heavy atom. The minimum atomic E-state index is -0.472. The molecule has 1 aliphatic rings. The molecule has 1 aromatic heterocycles. The Morgan fingerprint density at radius 2 is 2.30 bits per heavy atom. The molecule has 5 nitrogen and oxygen atoms in total. The number of nitrogens with two attached hydrogens (primary N) is 1. The van der Waals surface area contributed by atoms with Crippen LogP contribution in [0.25, 0.3) is 5.69 Å². The van der Waals surface area contributed by atoms with E-state index in [2.05, 4.69) is 32.4 Å². The average molecular weight is 335 g/mol. The smallest absolute Gasteiger partial charge is 0.251 e. The van der Waals surface area contributed by atoms with Crippen molar-refractivity contribution in [1.29, 1.82) is 0 Å². The van der Waals surface area contributed by atoms with E-state index >= 15 is 0 Å². The van der Waals surface area contributed by atoms with Gasteiger partial charge in [0.15, 0.2) is 0 Å². The first-order valence-corrected chi connectivity index (χ1v) is 7.29. The van der Waals surface area contributed by atoms with Gasteiger partial charge in [-0.3, -0.25) is 4.79 Å². The third-order valence-corrected chi connectivity index (χ3v) is 4.07. The summed E-state index contributed by atoms with van der Waals surface area (Å²) in [5.74, 6) is -0.472. The Labute approximate surface area is 125 Å². The van der Waals surface area contributed by atoms with Crippen LogP contribution in [-0.2, 0) is 6.54 Å². The topological polar surface area (TPSA) is 72.9 Å². The maximum Gasteiger partial charge on any atom is 0.251 e. The summed E-state index contributed by atoms with van der Waals surface area (Å²) < 4.78 is 2.67. The molecule has 1 aliphatic carbocycles. The van der Waals surface area contributed by atoms with Gasteiger partial charge >= 0.3 is 0 Å². The minimum absolute atomic E-state index is 0.403. The number of primary amides is 1. The first-order chi connectivity index (χ1) is 9.63. The number of nitrogens with zero attached hydrogens (tertiary/aromatic N) is 2. The highest BCUT2D eigenvalue weighted by Crippen LogP contribution is 2.23. The van der Waals surface area contributed by atoms with Crippen molar-refractivity contribution in [3.8, 4) is 5.69 Å². The number of halogens is 1. The second kappa shape index (κ2) is 5.38. The Morgan fingerprint density at radius 3 is 2.90 bits per heavy atom. The normalized spacial score (nSPS) is 14.4. The number of amides is 1. The highest BCUT2D eigenvalue weighted by atomic mass is 79.9. The largest absolute Gasteiger partial charge is 0.366 e. The van der Waals surface area contributed by atoms with Gasteiger partial charge in [-0.2, -0.15) is 5.10 Å². The SMILES string of the molecule is NC(=O)c1cnn(-c2ccc(CNC3CC3)c(Br)c2)c1. The molecule has 1 heterocycles. The molecule has 1 saturated carbocycles. The van der Waals surface area contributed by atoms with Crippen LogP contribution < -0.4 is 11.1 Å². The Kier molecular flexibility index (Phi) is 3.58. The van der Waals surface area contributed by atoms with Crippen molar-refractivity contribution in [2.75, 3.05) is 0 Å². The summed E-state index contributed by atoms with van der Waals surface area (Å²) in [6, 6.07) is 6.71. The Hall–Kier alpha value is -1.66. The van der Waals surface area contributed by atoms with Gasteiger partial charge in [0.05, 0.1) is 17.4 Å². The molecule has 2 aromatic rings. The molecule has 0 spiro atoms. The van der Waals surface area contributed by atoms with E-state index in [1.807, 2.05) is 12.1 Å². The molecule has 0 atom stereocenters. The maximum atomic E-state index is 11.1. The van der Waals surface area contributed by atoms with E-state index in [-0.39, 0.29) is 0 Å². The lowest BCUT2D eigenvalue weighted by molar-refractivity contribution is 0.100. The number of hydrogen-bond acceptors (Lipinski definition) is 3. The summed E-state index contributed by atoms with van der Waals surface area (Å²) in [5, 5.41) is 7.62. The predicted octanol–water partition coefficient (Wildman–Crippen LogP) is 1.99. The molecule has 3 N–H and O–H groups in total. The zero-order valence-electron chi connectivity index (χ0n) is 10.8. The summed E-state index contributed by atoms with van der Waals surface area (Å²) in [6.45, 7) is 0.858. The molecule has 20 heavy (non-hydrogen) atoms. The van der Waals surface area contributed by atoms with Crippen molar-refractivity contribution < 1.29 is 4.79 Å². The average Bonchev–Trinajstić information content (AvgIpc) is 3.11. The first kappa shape index (κ1) is 13.3. The van der Waals surface area contributed by atoms with Crippen LogP contribution in [0.2, 0.25) is 0 Å². The molecular weight excluding hydrogens is 320 g/mol. The summed E-state index contributed by atoms with van der Waals surface area (Å²) in [5.41, 5.74) is 7.73. The number of carbonyl (C=O) groups is 1. The van der Waals surface area contributed by atoms with Crippen LogP contribution >= 0.6 is 15.9 Å². The number of carbonyl (C=O) groups excluding carboxylic acids is 1. The van der Waals surface area contributed by atoms with Crippen molar-refractivity contribution in [2.24, 2.45) is 5.73 Å². The number of rotatable bonds is 5. The Balaban J connectivity index is 1.79. The van der Waals surface area contributed by atoms with Gasteiger partial charge in [0.1, 0.15) is 0 Å². The Bertz CT molecular complexity index is 648. The van der Waals surface area contributed by atoms with Crippen LogP contribution in [0, 0.1) is 0 Å². The lowest BCUT2D eigenvalue weighted by Gasteiger charge is -2.08. The molecule has 1 aromatic carbocycles. The lowest BCUT2D eigenvalue weighted by Crippen LogP contribution is -2.15. The van der Waals surface area contributed by atoms with Crippen LogP contribution in [0.5, 0.6) is 0 Å². The fourth-order valence-electron chi connectivity index (χ4n) is 1.96. The third kappa shape index (κ3) is 2.91. The van der Waals surface area contributed by atoms with Crippen molar-refractivity contribution in [2.45, 2.75) is 25.4 Å². The van der Waals surface area contributed by atoms with Gasteiger partial charge in [-0.15, -0.1) is 0 Å². The van der Waals surface area contributed by atoms with Gasteiger partial charge in [-0.1, -0.05) is 22.0 Å². The van der Waals surface area contributed by atoms with Crippen LogP contribution in [-0.4, -0.2) is 21.7 Å². The molecule has 0 aliphatic heterocycles. The van der Waals surface area contributed by atoms with Crippen LogP contribution in [0.15, 0.2) is 35.1 Å². The number of aromatic nitrogens is 2. The summed E-state index contributed by atoms with van der Waals surface area (Å²) >= 11 is 3.58. The fourth-order valence-corrected chi connectivity index (χ4v) is 2.46. The van der Waals surface area contributed by atoms with Gasteiger partial charge in [0.25, 0.3) is 5.91 Å². The maximum absolute atomic E-state index is 11.1. The standard InChI is InChI=1S/C14H15BrN4O/c15-13-5-12(19-8-10(7-18-19)14(16)20)4-1-9(13)6-17-11-2-3-11/h1,4-5,7-8,11,17H,2-3,6H2,(H2,16,20). The molecule has 0 unspecified atom stereocenters. The minimum Gasteiger partial charge on any atom is -0.366 e. The quantitative estimate of drug-likeness (QED) is 0.878. The number of hydrogen-bond donors (Lipinski definition) is 2. The van der Waals surface area contributed by atoms with Crippen molar-refractivity contribution in [1.82, 2.24) is 15.1 Å². The highest BCUT2D eigenvalue weighted by Gasteiger charge is 2.20. The second-order valence-electron chi connectivity index (χ2n) is 4.97. The lowest BCUT2D eigenvalue weighted by atomic mass is 10.2. The highest BCUT2D eigenvalue weighted by molar-refractivity contribution is 9.10. The van der Waals surface area contributed by atoms with E-state index in [4.69, 9.17) is 5.73 Å².